The van der Waals surface area contributed by atoms with Crippen molar-refractivity contribution in [3.8, 4) is 0 Å². The van der Waals surface area contributed by atoms with Gasteiger partial charge in [-0.25, -0.2) is 4.39 Å². The number of rotatable bonds is 4. The predicted octanol–water partition coefficient (Wildman–Crippen LogP) is 4.00. The van der Waals surface area contributed by atoms with E-state index >= 15 is 0 Å². The van der Waals surface area contributed by atoms with E-state index in [-0.39, 0.29) is 11.6 Å². The van der Waals surface area contributed by atoms with Crippen LogP contribution in [0.1, 0.15) is 10.4 Å². The Labute approximate surface area is 111 Å². The predicted molar refractivity (Wildman–Crippen MR) is 70.8 cm³/mol. The van der Waals surface area contributed by atoms with Gasteiger partial charge >= 0.3 is 0 Å². The molecule has 4 heteroatoms. The van der Waals surface area contributed by atoms with Crippen LogP contribution in [0.3, 0.4) is 0 Å². The summed E-state index contributed by atoms with van der Waals surface area (Å²) in [5, 5.41) is 1.96. The number of hydrogen-bond donors (Lipinski definition) is 0. The van der Waals surface area contributed by atoms with E-state index in [1.165, 1.54) is 6.07 Å². The highest BCUT2D eigenvalue weighted by Gasteiger charge is 2.07. The van der Waals surface area contributed by atoms with Gasteiger partial charge in [0.2, 0.25) is 0 Å². The van der Waals surface area contributed by atoms with Gasteiger partial charge in [-0.2, -0.15) is 0 Å². The second-order valence-electron chi connectivity index (χ2n) is 3.72. The van der Waals surface area contributed by atoms with Crippen LogP contribution >= 0.6 is 27.3 Å². The third-order valence-electron chi connectivity index (χ3n) is 2.34. The molecule has 0 aliphatic heterocycles. The van der Waals surface area contributed by atoms with Crippen molar-refractivity contribution in [2.24, 2.45) is 0 Å². The maximum Gasteiger partial charge on any atom is 0.142 e. The summed E-state index contributed by atoms with van der Waals surface area (Å²) in [5.41, 5.74) is 0.833. The van der Waals surface area contributed by atoms with E-state index in [0.717, 1.165) is 10.4 Å². The fourth-order valence-electron chi connectivity index (χ4n) is 1.55. The Morgan fingerprint density at radius 2 is 2.12 bits per heavy atom. The lowest BCUT2D eigenvalue weighted by Gasteiger charge is -2.02. The Kier molecular flexibility index (Phi) is 4.07. The van der Waals surface area contributed by atoms with Crippen LogP contribution in [0, 0.1) is 5.82 Å². The lowest BCUT2D eigenvalue weighted by molar-refractivity contribution is -0.117. The summed E-state index contributed by atoms with van der Waals surface area (Å²) in [5.74, 6) is -0.162. The molecular weight excluding hydrogens is 303 g/mol. The first kappa shape index (κ1) is 12.5. The van der Waals surface area contributed by atoms with Crippen molar-refractivity contribution in [1.29, 1.82) is 0 Å². The molecule has 0 N–H and O–H groups in total. The average molecular weight is 313 g/mol. The van der Waals surface area contributed by atoms with E-state index in [2.05, 4.69) is 15.9 Å². The Bertz CT molecular complexity index is 522. The highest BCUT2D eigenvalue weighted by atomic mass is 79.9. The summed E-state index contributed by atoms with van der Waals surface area (Å²) < 4.78 is 13.4. The lowest BCUT2D eigenvalue weighted by atomic mass is 10.1. The Hall–Kier alpha value is -1.00. The van der Waals surface area contributed by atoms with Gasteiger partial charge < -0.3 is 0 Å². The monoisotopic (exact) mass is 312 g/mol. The Morgan fingerprint density at radius 1 is 1.29 bits per heavy atom. The van der Waals surface area contributed by atoms with Gasteiger partial charge in [0.1, 0.15) is 11.6 Å². The quantitative estimate of drug-likeness (QED) is 0.834. The van der Waals surface area contributed by atoms with Crippen LogP contribution in [-0.2, 0) is 17.6 Å². The van der Waals surface area contributed by atoms with E-state index in [1.54, 1.807) is 23.5 Å². The zero-order valence-corrected chi connectivity index (χ0v) is 11.4. The summed E-state index contributed by atoms with van der Waals surface area (Å²) in [6.07, 6.45) is 0.795. The number of carbonyl (C=O) groups is 1. The largest absolute Gasteiger partial charge is 0.299 e. The van der Waals surface area contributed by atoms with Gasteiger partial charge in [0, 0.05) is 17.7 Å². The smallest absolute Gasteiger partial charge is 0.142 e. The molecule has 0 atom stereocenters. The number of halogens is 2. The molecule has 1 nitrogen and oxygen atoms in total. The molecule has 0 aliphatic carbocycles. The molecular formula is C13H10BrFOS. The van der Waals surface area contributed by atoms with Crippen LogP contribution in [0.2, 0.25) is 0 Å². The molecule has 0 saturated heterocycles. The molecule has 0 radical (unpaired) electrons. The third kappa shape index (κ3) is 3.48. The minimum absolute atomic E-state index is 0.144. The molecule has 0 aliphatic rings. The number of carbonyl (C=O) groups excluding carboxylic acids is 1. The normalized spacial score (nSPS) is 10.5. The van der Waals surface area contributed by atoms with Crippen molar-refractivity contribution in [2.75, 3.05) is 0 Å². The van der Waals surface area contributed by atoms with Crippen molar-refractivity contribution in [1.82, 2.24) is 0 Å². The van der Waals surface area contributed by atoms with Gasteiger partial charge in [0.15, 0.2) is 0 Å². The summed E-state index contributed by atoms with van der Waals surface area (Å²) in [7, 11) is 0. The molecule has 0 bridgehead atoms. The van der Waals surface area contributed by atoms with E-state index < -0.39 is 0 Å². The van der Waals surface area contributed by atoms with Gasteiger partial charge in [0.25, 0.3) is 0 Å². The van der Waals surface area contributed by atoms with E-state index in [1.807, 2.05) is 17.5 Å². The molecule has 1 heterocycles. The number of benzene rings is 1. The third-order valence-corrected chi connectivity index (χ3v) is 3.82. The van der Waals surface area contributed by atoms with Crippen LogP contribution in [0.15, 0.2) is 40.2 Å². The molecule has 1 aromatic carbocycles. The van der Waals surface area contributed by atoms with Gasteiger partial charge in [-0.15, -0.1) is 11.3 Å². The first-order valence-corrected chi connectivity index (χ1v) is 6.80. The second kappa shape index (κ2) is 5.56. The highest BCUT2D eigenvalue weighted by molar-refractivity contribution is 9.10. The standard InChI is InChI=1S/C13H10BrFOS/c14-12-7-9(3-4-13(12)15)6-10(16)8-11-2-1-5-17-11/h1-5,7H,6,8H2. The van der Waals surface area contributed by atoms with Gasteiger partial charge in [-0.1, -0.05) is 12.1 Å². The maximum absolute atomic E-state index is 13.0. The van der Waals surface area contributed by atoms with Crippen molar-refractivity contribution >= 4 is 33.0 Å². The molecule has 0 fully saturated rings. The lowest BCUT2D eigenvalue weighted by Crippen LogP contribution is -2.05. The molecule has 0 unspecified atom stereocenters. The number of Topliss-reactive ketones (excluding diaryl/α,β-unsaturated/α-hetero) is 1. The van der Waals surface area contributed by atoms with Crippen LogP contribution in [0.5, 0.6) is 0 Å². The molecule has 0 saturated carbocycles. The summed E-state index contributed by atoms with van der Waals surface area (Å²) in [6.45, 7) is 0. The fraction of sp³-hybridized carbons (Fsp3) is 0.154. The fourth-order valence-corrected chi connectivity index (χ4v) is 2.71. The number of hydrogen-bond acceptors (Lipinski definition) is 2. The minimum Gasteiger partial charge on any atom is -0.299 e. The zero-order valence-electron chi connectivity index (χ0n) is 8.95. The first-order valence-electron chi connectivity index (χ1n) is 5.13. The first-order chi connectivity index (χ1) is 8.15. The van der Waals surface area contributed by atoms with Crippen LogP contribution in [0.4, 0.5) is 4.39 Å². The van der Waals surface area contributed by atoms with Gasteiger partial charge in [-0.3, -0.25) is 4.79 Å². The number of thiophene rings is 1. The van der Waals surface area contributed by atoms with E-state index in [9.17, 15) is 9.18 Å². The average Bonchev–Trinajstić information content (AvgIpc) is 2.76. The van der Waals surface area contributed by atoms with Crippen LogP contribution in [0.25, 0.3) is 0 Å². The summed E-state index contributed by atoms with van der Waals surface area (Å²) in [6, 6.07) is 8.55. The molecule has 1 aromatic heterocycles. The second-order valence-corrected chi connectivity index (χ2v) is 5.61. The van der Waals surface area contributed by atoms with Crippen LogP contribution in [-0.4, -0.2) is 5.78 Å². The van der Waals surface area contributed by atoms with E-state index in [0.29, 0.717) is 17.3 Å². The van der Waals surface area contributed by atoms with Crippen molar-refractivity contribution in [3.63, 3.8) is 0 Å². The SMILES string of the molecule is O=C(Cc1ccc(F)c(Br)c1)Cc1cccs1. The molecule has 0 spiro atoms. The molecule has 2 rings (SSSR count). The molecule has 0 amide bonds. The van der Waals surface area contributed by atoms with Gasteiger partial charge in [-0.05, 0) is 45.1 Å². The van der Waals surface area contributed by atoms with E-state index in [4.69, 9.17) is 0 Å². The van der Waals surface area contributed by atoms with Crippen LogP contribution < -0.4 is 0 Å². The summed E-state index contributed by atoms with van der Waals surface area (Å²) in [4.78, 5) is 12.8. The topological polar surface area (TPSA) is 17.1 Å². The minimum atomic E-state index is -0.306. The Balaban J connectivity index is 2.00. The Morgan fingerprint density at radius 3 is 2.76 bits per heavy atom. The highest BCUT2D eigenvalue weighted by Crippen LogP contribution is 2.18. The van der Waals surface area contributed by atoms with Gasteiger partial charge in [0.05, 0.1) is 4.47 Å². The summed E-state index contributed by atoms with van der Waals surface area (Å²) >= 11 is 4.69. The number of ketones is 1. The zero-order chi connectivity index (χ0) is 12.3. The van der Waals surface area contributed by atoms with Crippen molar-refractivity contribution in [3.05, 3.63) is 56.4 Å². The maximum atomic E-state index is 13.0. The van der Waals surface area contributed by atoms with Crippen molar-refractivity contribution < 1.29 is 9.18 Å². The molecule has 88 valence electrons. The molecule has 17 heavy (non-hydrogen) atoms. The van der Waals surface area contributed by atoms with Crippen molar-refractivity contribution in [2.45, 2.75) is 12.8 Å². The molecule has 2 aromatic rings.